The Kier molecular flexibility index (Phi) is 13.7. The predicted octanol–water partition coefficient (Wildman–Crippen LogP) is 10.4. The molecule has 0 amide bonds. The molecule has 2 nitrogen and oxygen atoms in total. The van der Waals surface area contributed by atoms with Crippen molar-refractivity contribution in [3.63, 3.8) is 0 Å². The Morgan fingerprint density at radius 2 is 1.20 bits per heavy atom. The smallest absolute Gasteiger partial charge is 0.124 e. The van der Waals surface area contributed by atoms with E-state index in [-0.39, 0.29) is 7.43 Å². The van der Waals surface area contributed by atoms with Crippen LogP contribution in [-0.4, -0.2) is 31.0 Å². The second-order valence-corrected chi connectivity index (χ2v) is 19.7. The zero-order chi connectivity index (χ0) is 31.8. The van der Waals surface area contributed by atoms with Gasteiger partial charge in [-0.05, 0) is 69.2 Å². The largest absolute Gasteiger partial charge is 0.294 e. The van der Waals surface area contributed by atoms with Crippen molar-refractivity contribution >= 4 is 63.6 Å². The van der Waals surface area contributed by atoms with Crippen LogP contribution in [0.3, 0.4) is 0 Å². The number of rotatable bonds is 6. The number of benzene rings is 3. The number of hydrogen-bond donors (Lipinski definition) is 0. The molecule has 0 aliphatic carbocycles. The highest BCUT2D eigenvalue weighted by atomic mass is 35.5. The van der Waals surface area contributed by atoms with Crippen molar-refractivity contribution in [2.75, 3.05) is 13.1 Å². The maximum atomic E-state index is 6.36. The van der Waals surface area contributed by atoms with Crippen molar-refractivity contribution in [1.82, 2.24) is 9.80 Å². The Balaban J connectivity index is 0.000000209. The highest BCUT2D eigenvalue weighted by Crippen LogP contribution is 2.28. The molecule has 0 fully saturated rings. The maximum Gasteiger partial charge on any atom is 0.124 e. The number of fused-ring (bicyclic) bond motifs is 2. The average Bonchev–Trinajstić information content (AvgIpc) is 3.72. The van der Waals surface area contributed by atoms with E-state index in [2.05, 4.69) is 106 Å². The summed E-state index contributed by atoms with van der Waals surface area (Å²) in [6.45, 7) is 15.2. The third-order valence-corrected chi connectivity index (χ3v) is 16.4. The summed E-state index contributed by atoms with van der Waals surface area (Å²) in [7, 11) is -1.60. The molecule has 0 spiro atoms. The fourth-order valence-electron chi connectivity index (χ4n) is 6.01. The van der Waals surface area contributed by atoms with Gasteiger partial charge in [-0.3, -0.25) is 9.80 Å². The van der Waals surface area contributed by atoms with E-state index in [1.165, 1.54) is 33.9 Å². The Hall–Kier alpha value is -2.22. The predicted molar refractivity (Wildman–Crippen MR) is 208 cm³/mol. The van der Waals surface area contributed by atoms with Gasteiger partial charge >= 0.3 is 0 Å². The third-order valence-electron chi connectivity index (χ3n) is 8.65. The third kappa shape index (κ3) is 9.02. The van der Waals surface area contributed by atoms with Gasteiger partial charge in [0.15, 0.2) is 0 Å². The minimum atomic E-state index is -1.60. The van der Waals surface area contributed by atoms with Gasteiger partial charge in [-0.25, -0.2) is 0 Å². The van der Waals surface area contributed by atoms with Crippen LogP contribution in [0.15, 0.2) is 96.4 Å². The molecule has 7 rings (SSSR count). The summed E-state index contributed by atoms with van der Waals surface area (Å²) in [6.07, 6.45) is 2.33. The van der Waals surface area contributed by atoms with E-state index < -0.39 is 8.07 Å². The molecule has 4 heterocycles. The van der Waals surface area contributed by atoms with E-state index in [0.717, 1.165) is 55.7 Å². The van der Waals surface area contributed by atoms with Crippen LogP contribution in [-0.2, 0) is 39.0 Å². The zero-order valence-corrected chi connectivity index (χ0v) is 31.0. The first-order valence-electron chi connectivity index (χ1n) is 16.0. The Morgan fingerprint density at radius 3 is 1.78 bits per heavy atom. The molecule has 5 aromatic rings. The molecule has 2 aliphatic rings. The standard InChI is InChI=1S/C22H24ClNSSi.C14H14ClNS.C2H6.CH4/c1-26(2,19-9-4-3-5-10-19)22-14-18-16-24(13-12-21(18)25-22)15-17-8-6-7-11-20(17)23;15-13-4-2-1-3-11(13)9-16-7-5-14-12(10-16)6-8-17-14;1-2;/h3-11,14H,12-13,15-16H2,1-2H3;1-4,6,8H,5,7,9-10H2;1-2H3;1H4. The lowest BCUT2D eigenvalue weighted by molar-refractivity contribution is 0.247. The van der Waals surface area contributed by atoms with Crippen molar-refractivity contribution in [3.05, 3.63) is 138 Å². The minimum Gasteiger partial charge on any atom is -0.294 e. The summed E-state index contributed by atoms with van der Waals surface area (Å²) < 4.78 is 1.60. The lowest BCUT2D eigenvalue weighted by Crippen LogP contribution is -2.51. The van der Waals surface area contributed by atoms with Crippen LogP contribution in [0.25, 0.3) is 0 Å². The molecule has 0 unspecified atom stereocenters. The van der Waals surface area contributed by atoms with E-state index in [9.17, 15) is 0 Å². The van der Waals surface area contributed by atoms with Gasteiger partial charge in [0, 0.05) is 59.1 Å². The Labute approximate surface area is 296 Å². The molecule has 2 aliphatic heterocycles. The van der Waals surface area contributed by atoms with E-state index in [4.69, 9.17) is 23.2 Å². The van der Waals surface area contributed by atoms with Crippen LogP contribution in [0, 0.1) is 0 Å². The summed E-state index contributed by atoms with van der Waals surface area (Å²) in [5.74, 6) is 0. The SMILES string of the molecule is C.CC.C[Si](C)(c1ccccc1)c1cc2c(s1)CCN(Cc1ccccc1Cl)C2.Clc1ccccc1CN1CCc2sccc2C1. The molecule has 0 saturated carbocycles. The van der Waals surface area contributed by atoms with Gasteiger partial charge in [0.1, 0.15) is 8.07 Å². The number of nitrogens with zero attached hydrogens (tertiary/aromatic N) is 2. The van der Waals surface area contributed by atoms with Crippen LogP contribution in [0.2, 0.25) is 23.1 Å². The van der Waals surface area contributed by atoms with Crippen LogP contribution < -0.4 is 9.69 Å². The molecule has 0 atom stereocenters. The highest BCUT2D eigenvalue weighted by molar-refractivity contribution is 7.29. The molecular weight excluding hydrogens is 660 g/mol. The molecule has 46 heavy (non-hydrogen) atoms. The average molecular weight is 708 g/mol. The number of halogens is 2. The molecule has 0 saturated heterocycles. The Bertz CT molecular complexity index is 1660. The van der Waals surface area contributed by atoms with Crippen LogP contribution in [0.1, 0.15) is 53.3 Å². The lowest BCUT2D eigenvalue weighted by Gasteiger charge is -2.27. The first kappa shape index (κ1) is 36.6. The summed E-state index contributed by atoms with van der Waals surface area (Å²) in [5, 5.41) is 5.47. The first-order chi connectivity index (χ1) is 21.9. The van der Waals surface area contributed by atoms with Gasteiger partial charge in [0.05, 0.1) is 0 Å². The van der Waals surface area contributed by atoms with Gasteiger partial charge < -0.3 is 0 Å². The second-order valence-electron chi connectivity index (χ2n) is 12.0. The van der Waals surface area contributed by atoms with E-state index in [1.807, 2.05) is 49.4 Å². The van der Waals surface area contributed by atoms with Gasteiger partial charge in [0.25, 0.3) is 0 Å². The van der Waals surface area contributed by atoms with Crippen molar-refractivity contribution in [2.24, 2.45) is 0 Å². The van der Waals surface area contributed by atoms with Crippen molar-refractivity contribution in [3.8, 4) is 0 Å². The number of hydrogen-bond acceptors (Lipinski definition) is 4. The van der Waals surface area contributed by atoms with Crippen molar-refractivity contribution in [1.29, 1.82) is 0 Å². The Morgan fingerprint density at radius 1 is 0.674 bits per heavy atom. The van der Waals surface area contributed by atoms with Crippen LogP contribution in [0.4, 0.5) is 0 Å². The second kappa shape index (κ2) is 17.3. The van der Waals surface area contributed by atoms with Gasteiger partial charge in [-0.1, -0.05) is 129 Å². The van der Waals surface area contributed by atoms with E-state index >= 15 is 0 Å². The molecule has 7 heteroatoms. The lowest BCUT2D eigenvalue weighted by atomic mass is 10.1. The fraction of sp³-hybridized carbons (Fsp3) is 0.333. The quantitative estimate of drug-likeness (QED) is 0.162. The molecule has 0 radical (unpaired) electrons. The molecular formula is C39H48Cl2N2S2Si. The molecule has 3 aromatic carbocycles. The topological polar surface area (TPSA) is 6.48 Å². The maximum absolute atomic E-state index is 6.36. The van der Waals surface area contributed by atoms with Crippen molar-refractivity contribution in [2.45, 2.75) is 73.4 Å². The zero-order valence-electron chi connectivity index (χ0n) is 26.9. The highest BCUT2D eigenvalue weighted by Gasteiger charge is 2.30. The van der Waals surface area contributed by atoms with Crippen LogP contribution >= 0.6 is 45.9 Å². The van der Waals surface area contributed by atoms with Gasteiger partial charge in [-0.2, -0.15) is 0 Å². The normalized spacial score (nSPS) is 14.5. The minimum absolute atomic E-state index is 0. The summed E-state index contributed by atoms with van der Waals surface area (Å²) >= 11 is 16.5. The van der Waals surface area contributed by atoms with Crippen LogP contribution in [0.5, 0.6) is 0 Å². The summed E-state index contributed by atoms with van der Waals surface area (Å²) in [6, 6.07) is 32.1. The molecule has 0 bridgehead atoms. The summed E-state index contributed by atoms with van der Waals surface area (Å²) in [4.78, 5) is 8.14. The molecule has 2 aromatic heterocycles. The van der Waals surface area contributed by atoms with E-state index in [1.54, 1.807) is 14.3 Å². The first-order valence-corrected chi connectivity index (χ1v) is 21.5. The van der Waals surface area contributed by atoms with Crippen molar-refractivity contribution < 1.29 is 0 Å². The molecule has 0 N–H and O–H groups in total. The monoisotopic (exact) mass is 706 g/mol. The van der Waals surface area contributed by atoms with E-state index in [0.29, 0.717) is 0 Å². The summed E-state index contributed by atoms with van der Waals surface area (Å²) in [5.41, 5.74) is 5.48. The van der Waals surface area contributed by atoms with Gasteiger partial charge in [0.2, 0.25) is 0 Å². The number of thiophene rings is 2. The van der Waals surface area contributed by atoms with Gasteiger partial charge in [-0.15, -0.1) is 22.7 Å². The fourth-order valence-corrected chi connectivity index (χ4v) is 11.8. The molecule has 244 valence electrons.